The lowest BCUT2D eigenvalue weighted by atomic mass is 9.60. The smallest absolute Gasteiger partial charge is 0.410 e. The first-order valence-corrected chi connectivity index (χ1v) is 9.26. The number of likely N-dealkylation sites (tertiary alicyclic amines) is 1. The van der Waals surface area contributed by atoms with Crippen LogP contribution in [0.3, 0.4) is 0 Å². The molecule has 3 aliphatic rings. The number of fused-ring (bicyclic) bond motifs is 1. The quantitative estimate of drug-likeness (QED) is 0.610. The minimum absolute atomic E-state index is 0.0252. The molecule has 2 bridgehead atoms. The highest BCUT2D eigenvalue weighted by Gasteiger charge is 2.54. The normalized spacial score (nSPS) is 41.3. The zero-order valence-corrected chi connectivity index (χ0v) is 15.4. The second-order valence-corrected chi connectivity index (χ2v) is 9.33. The van der Waals surface area contributed by atoms with Gasteiger partial charge in [-0.2, -0.15) is 0 Å². The summed E-state index contributed by atoms with van der Waals surface area (Å²) in [4.78, 5) is 27.0. The van der Waals surface area contributed by atoms with Crippen LogP contribution in [0.2, 0.25) is 0 Å². The Bertz CT molecular complexity index is 487. The summed E-state index contributed by atoms with van der Waals surface area (Å²) in [7, 11) is 0. The van der Waals surface area contributed by atoms with Gasteiger partial charge in [0.25, 0.3) is 0 Å². The summed E-state index contributed by atoms with van der Waals surface area (Å²) < 4.78 is 5.60. The fraction of sp³-hybridized carbons (Fsp3) is 0.882. The van der Waals surface area contributed by atoms with Gasteiger partial charge in [-0.1, -0.05) is 22.9 Å². The third-order valence-corrected chi connectivity index (χ3v) is 6.55. The van der Waals surface area contributed by atoms with Gasteiger partial charge in [-0.15, -0.1) is 0 Å². The molecule has 3 fully saturated rings. The van der Waals surface area contributed by atoms with Crippen LogP contribution >= 0.6 is 15.9 Å². The van der Waals surface area contributed by atoms with E-state index in [9.17, 15) is 9.59 Å². The molecule has 1 heterocycles. The molecule has 0 unspecified atom stereocenters. The number of hydrogen-bond donors (Lipinski definition) is 0. The Labute approximate surface area is 141 Å². The molecule has 2 saturated carbocycles. The van der Waals surface area contributed by atoms with E-state index in [0.29, 0.717) is 24.3 Å². The highest BCUT2D eigenvalue weighted by molar-refractivity contribution is 9.10. The van der Waals surface area contributed by atoms with E-state index in [-0.39, 0.29) is 28.7 Å². The molecule has 5 heteroatoms. The number of carbonyl (C=O) groups is 2. The molecule has 0 aromatic carbocycles. The molecule has 6 atom stereocenters. The Balaban J connectivity index is 1.87. The van der Waals surface area contributed by atoms with Crippen molar-refractivity contribution in [2.45, 2.75) is 63.4 Å². The first-order valence-electron chi connectivity index (χ1n) is 8.35. The van der Waals surface area contributed by atoms with E-state index >= 15 is 0 Å². The van der Waals surface area contributed by atoms with Crippen molar-refractivity contribution in [2.75, 3.05) is 6.54 Å². The first-order chi connectivity index (χ1) is 10.2. The molecular formula is C17H26BrNO3. The monoisotopic (exact) mass is 371 g/mol. The summed E-state index contributed by atoms with van der Waals surface area (Å²) in [5.74, 6) is 1.59. The minimum atomic E-state index is -0.495. The van der Waals surface area contributed by atoms with Crippen LogP contribution in [0.15, 0.2) is 0 Å². The average Bonchev–Trinajstić information content (AvgIpc) is 2.40. The molecule has 1 amide bonds. The van der Waals surface area contributed by atoms with Crippen molar-refractivity contribution < 1.29 is 14.3 Å². The van der Waals surface area contributed by atoms with E-state index in [0.717, 1.165) is 19.3 Å². The molecule has 0 aromatic heterocycles. The molecule has 22 heavy (non-hydrogen) atoms. The summed E-state index contributed by atoms with van der Waals surface area (Å²) >= 11 is 3.65. The fourth-order valence-electron chi connectivity index (χ4n) is 4.58. The van der Waals surface area contributed by atoms with Crippen LogP contribution < -0.4 is 0 Å². The van der Waals surface area contributed by atoms with E-state index in [1.165, 1.54) is 0 Å². The Morgan fingerprint density at radius 2 is 1.91 bits per heavy atom. The van der Waals surface area contributed by atoms with Crippen LogP contribution in [0.1, 0.15) is 47.0 Å². The zero-order valence-electron chi connectivity index (χ0n) is 13.8. The third-order valence-electron chi connectivity index (χ3n) is 5.41. The molecule has 0 radical (unpaired) electrons. The average molecular weight is 372 g/mol. The van der Waals surface area contributed by atoms with Crippen LogP contribution in [0.25, 0.3) is 0 Å². The topological polar surface area (TPSA) is 46.6 Å². The van der Waals surface area contributed by atoms with Crippen molar-refractivity contribution in [1.82, 2.24) is 4.90 Å². The number of nitrogens with zero attached hydrogens (tertiary/aromatic N) is 1. The molecule has 1 aliphatic heterocycles. The summed E-state index contributed by atoms with van der Waals surface area (Å²) in [5.41, 5.74) is -0.495. The number of hydrogen-bond acceptors (Lipinski definition) is 3. The summed E-state index contributed by atoms with van der Waals surface area (Å²) in [5, 5.41) is 0. The second-order valence-electron chi connectivity index (χ2n) is 8.34. The van der Waals surface area contributed by atoms with E-state index < -0.39 is 5.60 Å². The Kier molecular flexibility index (Phi) is 4.07. The van der Waals surface area contributed by atoms with Gasteiger partial charge < -0.3 is 9.64 Å². The lowest BCUT2D eigenvalue weighted by Gasteiger charge is -2.55. The summed E-state index contributed by atoms with van der Waals surface area (Å²) in [6.45, 7) is 8.43. The Morgan fingerprint density at radius 3 is 2.55 bits per heavy atom. The highest BCUT2D eigenvalue weighted by atomic mass is 79.9. The third kappa shape index (κ3) is 2.81. The Morgan fingerprint density at radius 1 is 1.23 bits per heavy atom. The molecule has 3 rings (SSSR count). The van der Waals surface area contributed by atoms with E-state index in [4.69, 9.17) is 4.74 Å². The maximum Gasteiger partial charge on any atom is 0.410 e. The van der Waals surface area contributed by atoms with Crippen LogP contribution in [-0.4, -0.2) is 39.8 Å². The number of Topliss-reactive ketones (excluding diaryl/α,β-unsaturated/α-hetero) is 1. The van der Waals surface area contributed by atoms with Gasteiger partial charge in [0.1, 0.15) is 5.60 Å². The number of halogens is 1. The van der Waals surface area contributed by atoms with Crippen molar-refractivity contribution in [3.63, 3.8) is 0 Å². The predicted molar refractivity (Wildman–Crippen MR) is 87.9 cm³/mol. The van der Waals surface area contributed by atoms with Crippen LogP contribution in [-0.2, 0) is 9.53 Å². The van der Waals surface area contributed by atoms with Gasteiger partial charge in [-0.25, -0.2) is 4.79 Å². The van der Waals surface area contributed by atoms with Gasteiger partial charge in [0, 0.05) is 18.5 Å². The standard InChI is InChI=1S/C17H26BrNO3/c1-9-5-12-11-7-10(15(20)14(12)18)8-19(13(11)6-9)16(21)22-17(2,3)4/h9-14H,5-8H2,1-4H3/t9-,10-,11-,12-,13+,14+/m1/s1. The maximum atomic E-state index is 12.6. The predicted octanol–water partition coefficient (Wildman–Crippen LogP) is 3.62. The van der Waals surface area contributed by atoms with Crippen molar-refractivity contribution in [3.05, 3.63) is 0 Å². The molecule has 0 aromatic rings. The first kappa shape index (κ1) is 16.3. The molecule has 2 aliphatic carbocycles. The van der Waals surface area contributed by atoms with Crippen LogP contribution in [0.4, 0.5) is 4.79 Å². The summed E-state index contributed by atoms with van der Waals surface area (Å²) in [6, 6.07) is 0.230. The van der Waals surface area contributed by atoms with Gasteiger partial charge in [0.15, 0.2) is 5.78 Å². The maximum absolute atomic E-state index is 12.6. The van der Waals surface area contributed by atoms with Crippen molar-refractivity contribution in [1.29, 1.82) is 0 Å². The SMILES string of the molecule is C[C@@H]1C[C@@H]2[C@H]3C[C@H](CN(C(=O)OC(C)(C)C)[C@H]3C1)C(=O)[C@H]2Br. The van der Waals surface area contributed by atoms with E-state index in [2.05, 4.69) is 22.9 Å². The molecule has 124 valence electrons. The van der Waals surface area contributed by atoms with E-state index in [1.54, 1.807) is 0 Å². The van der Waals surface area contributed by atoms with Crippen molar-refractivity contribution in [2.24, 2.45) is 23.7 Å². The van der Waals surface area contributed by atoms with Gasteiger partial charge >= 0.3 is 6.09 Å². The minimum Gasteiger partial charge on any atom is -0.444 e. The largest absolute Gasteiger partial charge is 0.444 e. The lowest BCUT2D eigenvalue weighted by molar-refractivity contribution is -0.135. The molecule has 4 nitrogen and oxygen atoms in total. The van der Waals surface area contributed by atoms with E-state index in [1.807, 2.05) is 25.7 Å². The highest BCUT2D eigenvalue weighted by Crippen LogP contribution is 2.50. The van der Waals surface area contributed by atoms with Gasteiger partial charge in [0.05, 0.1) is 4.83 Å². The second kappa shape index (κ2) is 5.50. The van der Waals surface area contributed by atoms with Crippen LogP contribution in [0.5, 0.6) is 0 Å². The lowest BCUT2D eigenvalue weighted by Crippen LogP contribution is -2.63. The molecule has 0 N–H and O–H groups in total. The zero-order chi connectivity index (χ0) is 16.2. The van der Waals surface area contributed by atoms with Crippen LogP contribution in [0, 0.1) is 23.7 Å². The van der Waals surface area contributed by atoms with Crippen molar-refractivity contribution in [3.8, 4) is 0 Å². The number of alkyl halides is 1. The molecule has 0 spiro atoms. The number of carbonyl (C=O) groups excluding carboxylic acids is 2. The van der Waals surface area contributed by atoms with Gasteiger partial charge in [-0.05, 0) is 57.8 Å². The van der Waals surface area contributed by atoms with Gasteiger partial charge in [0.2, 0.25) is 0 Å². The molecular weight excluding hydrogens is 346 g/mol. The van der Waals surface area contributed by atoms with Gasteiger partial charge in [-0.3, -0.25) is 4.79 Å². The Hall–Kier alpha value is -0.580. The number of piperidine rings is 1. The summed E-state index contributed by atoms with van der Waals surface area (Å²) in [6.07, 6.45) is 2.81. The molecule has 1 saturated heterocycles. The number of ketones is 1. The fourth-order valence-corrected chi connectivity index (χ4v) is 5.57. The number of ether oxygens (including phenoxy) is 1. The van der Waals surface area contributed by atoms with Crippen molar-refractivity contribution >= 4 is 27.8 Å². The number of amides is 1. The number of rotatable bonds is 0.